The van der Waals surface area contributed by atoms with Gasteiger partial charge in [-0.05, 0) is 6.92 Å². The number of carbonyl (C=O) groups excluding carboxylic acids is 3. The molecule has 0 aliphatic rings. The zero-order valence-electron chi connectivity index (χ0n) is 8.51. The summed E-state index contributed by atoms with van der Waals surface area (Å²) in [6.07, 6.45) is -0.230. The summed E-state index contributed by atoms with van der Waals surface area (Å²) in [5, 5.41) is 4.74. The van der Waals surface area contributed by atoms with Gasteiger partial charge >= 0.3 is 0 Å². The first kappa shape index (κ1) is 12.4. The average molecular weight is 201 g/mol. The van der Waals surface area contributed by atoms with Crippen LogP contribution in [0.1, 0.15) is 20.3 Å². The van der Waals surface area contributed by atoms with E-state index in [1.54, 1.807) is 0 Å². The van der Waals surface area contributed by atoms with E-state index in [0.29, 0.717) is 0 Å². The molecule has 0 radical (unpaired) electrons. The van der Waals surface area contributed by atoms with Gasteiger partial charge < -0.3 is 16.4 Å². The number of nitrogens with two attached hydrogens (primary N) is 1. The Labute approximate surface area is 82.2 Å². The second-order valence-electron chi connectivity index (χ2n) is 3.24. The van der Waals surface area contributed by atoms with E-state index in [4.69, 9.17) is 5.73 Å². The van der Waals surface area contributed by atoms with Crippen molar-refractivity contribution in [1.82, 2.24) is 10.6 Å². The molecule has 1 atom stereocenters. The molecule has 4 N–H and O–H groups in total. The molecule has 0 spiro atoms. The van der Waals surface area contributed by atoms with Crippen LogP contribution in [0.5, 0.6) is 0 Å². The molecule has 80 valence electrons. The zero-order valence-corrected chi connectivity index (χ0v) is 8.51. The van der Waals surface area contributed by atoms with Crippen LogP contribution in [0.2, 0.25) is 0 Å². The van der Waals surface area contributed by atoms with Crippen LogP contribution in [0.15, 0.2) is 0 Å². The van der Waals surface area contributed by atoms with E-state index in [1.807, 2.05) is 0 Å². The summed E-state index contributed by atoms with van der Waals surface area (Å²) in [5.74, 6) is -1.49. The molecular weight excluding hydrogens is 186 g/mol. The molecule has 0 aliphatic heterocycles. The molecule has 0 rings (SSSR count). The lowest BCUT2D eigenvalue weighted by molar-refractivity contribution is -0.134. The van der Waals surface area contributed by atoms with Gasteiger partial charge in [-0.2, -0.15) is 0 Å². The fourth-order valence-corrected chi connectivity index (χ4v) is 1.19. The molecule has 0 heterocycles. The molecule has 0 saturated heterocycles. The topological polar surface area (TPSA) is 101 Å². The Morgan fingerprint density at radius 3 is 2.14 bits per heavy atom. The van der Waals surface area contributed by atoms with E-state index in [2.05, 4.69) is 10.6 Å². The van der Waals surface area contributed by atoms with E-state index in [0.717, 1.165) is 0 Å². The monoisotopic (exact) mass is 201 g/mol. The predicted octanol–water partition coefficient (Wildman–Crippen LogP) is -1.50. The Kier molecular flexibility index (Phi) is 4.07. The quantitative estimate of drug-likeness (QED) is 0.516. The fourth-order valence-electron chi connectivity index (χ4n) is 1.19. The van der Waals surface area contributed by atoms with Crippen molar-refractivity contribution in [1.29, 1.82) is 0 Å². The third-order valence-electron chi connectivity index (χ3n) is 1.71. The highest BCUT2D eigenvalue weighted by atomic mass is 16.2. The van der Waals surface area contributed by atoms with Crippen molar-refractivity contribution in [3.63, 3.8) is 0 Å². The number of primary amides is 1. The van der Waals surface area contributed by atoms with Gasteiger partial charge in [0.2, 0.25) is 17.7 Å². The summed E-state index contributed by atoms with van der Waals surface area (Å²) in [7, 11) is 1.42. The Morgan fingerprint density at radius 1 is 1.36 bits per heavy atom. The lowest BCUT2D eigenvalue weighted by Gasteiger charge is -2.26. The fraction of sp³-hybridized carbons (Fsp3) is 0.625. The number of carbonyl (C=O) groups is 3. The summed E-state index contributed by atoms with van der Waals surface area (Å²) in [4.78, 5) is 32.9. The third-order valence-corrected chi connectivity index (χ3v) is 1.71. The lowest BCUT2D eigenvalue weighted by atomic mass is 9.96. The number of likely N-dealkylation sites (N-methyl/N-ethyl adjacent to an activating group) is 1. The zero-order chi connectivity index (χ0) is 11.4. The molecule has 3 amide bonds. The Bertz CT molecular complexity index is 247. The van der Waals surface area contributed by atoms with Gasteiger partial charge in [-0.25, -0.2) is 0 Å². The first-order valence-corrected chi connectivity index (χ1v) is 4.11. The number of nitrogens with one attached hydrogen (secondary N) is 2. The minimum absolute atomic E-state index is 0.230. The molecule has 0 unspecified atom stereocenters. The van der Waals surface area contributed by atoms with Crippen molar-refractivity contribution in [2.24, 2.45) is 5.73 Å². The molecule has 14 heavy (non-hydrogen) atoms. The van der Waals surface area contributed by atoms with Crippen LogP contribution >= 0.6 is 0 Å². The van der Waals surface area contributed by atoms with Crippen LogP contribution in [-0.2, 0) is 14.4 Å². The Hall–Kier alpha value is -1.59. The molecule has 0 fully saturated rings. The number of rotatable bonds is 4. The van der Waals surface area contributed by atoms with Gasteiger partial charge in [0, 0.05) is 14.0 Å². The second-order valence-corrected chi connectivity index (χ2v) is 3.24. The van der Waals surface area contributed by atoms with Crippen LogP contribution in [0.3, 0.4) is 0 Å². The molecule has 0 aliphatic carbocycles. The summed E-state index contributed by atoms with van der Waals surface area (Å²) in [6, 6.07) is 0. The average Bonchev–Trinajstić information content (AvgIpc) is 1.99. The SMILES string of the molecule is CNC(=O)[C@](C)(CC(N)=O)NC(C)=O. The van der Waals surface area contributed by atoms with Crippen molar-refractivity contribution in [2.75, 3.05) is 7.05 Å². The van der Waals surface area contributed by atoms with Crippen LogP contribution in [0.25, 0.3) is 0 Å². The molecule has 6 heteroatoms. The van der Waals surface area contributed by atoms with E-state index in [9.17, 15) is 14.4 Å². The van der Waals surface area contributed by atoms with Crippen molar-refractivity contribution in [3.8, 4) is 0 Å². The van der Waals surface area contributed by atoms with E-state index >= 15 is 0 Å². The maximum atomic E-state index is 11.4. The van der Waals surface area contributed by atoms with Crippen molar-refractivity contribution >= 4 is 17.7 Å². The Balaban J connectivity index is 4.74. The standard InChI is InChI=1S/C8H15N3O3/c1-5(12)11-8(2,4-6(9)13)7(14)10-3/h4H2,1-3H3,(H2,9,13)(H,10,14)(H,11,12)/t8-/m0/s1. The minimum Gasteiger partial charge on any atom is -0.370 e. The maximum absolute atomic E-state index is 11.4. The van der Waals surface area contributed by atoms with Gasteiger partial charge in [-0.15, -0.1) is 0 Å². The van der Waals surface area contributed by atoms with Crippen LogP contribution in [0, 0.1) is 0 Å². The molecule has 0 aromatic rings. The molecule has 0 aromatic heterocycles. The second kappa shape index (κ2) is 4.59. The van der Waals surface area contributed by atoms with E-state index in [1.165, 1.54) is 20.9 Å². The number of amides is 3. The highest BCUT2D eigenvalue weighted by Gasteiger charge is 2.34. The molecule has 6 nitrogen and oxygen atoms in total. The highest BCUT2D eigenvalue weighted by Crippen LogP contribution is 2.09. The van der Waals surface area contributed by atoms with Gasteiger partial charge in [0.15, 0.2) is 0 Å². The van der Waals surface area contributed by atoms with Gasteiger partial charge in [-0.1, -0.05) is 0 Å². The number of hydrogen-bond acceptors (Lipinski definition) is 3. The van der Waals surface area contributed by atoms with E-state index < -0.39 is 23.3 Å². The largest absolute Gasteiger partial charge is 0.370 e. The highest BCUT2D eigenvalue weighted by molar-refractivity contribution is 5.94. The first-order chi connectivity index (χ1) is 6.31. The van der Waals surface area contributed by atoms with Gasteiger partial charge in [0.05, 0.1) is 6.42 Å². The van der Waals surface area contributed by atoms with Crippen LogP contribution < -0.4 is 16.4 Å². The van der Waals surface area contributed by atoms with Crippen molar-refractivity contribution in [3.05, 3.63) is 0 Å². The first-order valence-electron chi connectivity index (χ1n) is 4.11. The van der Waals surface area contributed by atoms with Crippen molar-refractivity contribution < 1.29 is 14.4 Å². The molecule has 0 saturated carbocycles. The summed E-state index contributed by atoms with van der Waals surface area (Å²) in [5.41, 5.74) is 3.71. The normalized spacial score (nSPS) is 13.9. The van der Waals surface area contributed by atoms with Gasteiger partial charge in [-0.3, -0.25) is 14.4 Å². The van der Waals surface area contributed by atoms with Gasteiger partial charge in [0.25, 0.3) is 0 Å². The lowest BCUT2D eigenvalue weighted by Crippen LogP contribution is -2.57. The predicted molar refractivity (Wildman–Crippen MR) is 50.1 cm³/mol. The van der Waals surface area contributed by atoms with Crippen LogP contribution in [-0.4, -0.2) is 30.3 Å². The molecule has 0 bridgehead atoms. The maximum Gasteiger partial charge on any atom is 0.245 e. The summed E-state index contributed by atoms with van der Waals surface area (Å²) < 4.78 is 0. The minimum atomic E-state index is -1.27. The summed E-state index contributed by atoms with van der Waals surface area (Å²) in [6.45, 7) is 2.71. The van der Waals surface area contributed by atoms with Gasteiger partial charge in [0.1, 0.15) is 5.54 Å². The third kappa shape index (κ3) is 3.42. The molecule has 0 aromatic carbocycles. The summed E-state index contributed by atoms with van der Waals surface area (Å²) >= 11 is 0. The van der Waals surface area contributed by atoms with E-state index in [-0.39, 0.29) is 6.42 Å². The smallest absolute Gasteiger partial charge is 0.245 e. The molecular formula is C8H15N3O3. The number of hydrogen-bond donors (Lipinski definition) is 3. The van der Waals surface area contributed by atoms with Crippen molar-refractivity contribution in [2.45, 2.75) is 25.8 Å². The Morgan fingerprint density at radius 2 is 1.86 bits per heavy atom. The van der Waals surface area contributed by atoms with Crippen LogP contribution in [0.4, 0.5) is 0 Å².